The molecule has 0 saturated heterocycles. The molecule has 0 heterocycles. The summed E-state index contributed by atoms with van der Waals surface area (Å²) in [5, 5.41) is 0. The summed E-state index contributed by atoms with van der Waals surface area (Å²) < 4.78 is 0. The average Bonchev–Trinajstić information content (AvgIpc) is 2.81. The summed E-state index contributed by atoms with van der Waals surface area (Å²) in [5.41, 5.74) is 8.53. The van der Waals surface area contributed by atoms with E-state index in [1.54, 1.807) is 0 Å². The molecule has 2 heteroatoms. The molecule has 0 aromatic heterocycles. The molecule has 4 rings (SSSR count). The topological polar surface area (TPSA) is 34.1 Å². The highest BCUT2D eigenvalue weighted by Gasteiger charge is 2.09. The quantitative estimate of drug-likeness (QED) is 0.363. The Labute approximate surface area is 177 Å². The van der Waals surface area contributed by atoms with Gasteiger partial charge in [0.05, 0.1) is 0 Å². The van der Waals surface area contributed by atoms with Crippen molar-refractivity contribution in [2.24, 2.45) is 0 Å². The van der Waals surface area contributed by atoms with Gasteiger partial charge in [-0.05, 0) is 36.1 Å². The highest BCUT2D eigenvalue weighted by molar-refractivity contribution is 6.09. The smallest absolute Gasteiger partial charge is 0.193 e. The number of carbonyl (C=O) groups is 2. The molecule has 0 radical (unpaired) electrons. The Balaban J connectivity index is 0.00000124. The summed E-state index contributed by atoms with van der Waals surface area (Å²) in [7, 11) is 0. The van der Waals surface area contributed by atoms with Crippen molar-refractivity contribution >= 4 is 12.6 Å². The Bertz CT molecular complexity index is 1110. The van der Waals surface area contributed by atoms with Crippen molar-refractivity contribution in [3.63, 3.8) is 0 Å². The van der Waals surface area contributed by atoms with Crippen molar-refractivity contribution < 1.29 is 9.59 Å². The van der Waals surface area contributed by atoms with E-state index in [1.807, 2.05) is 62.2 Å². The van der Waals surface area contributed by atoms with Gasteiger partial charge in [0.15, 0.2) is 5.78 Å². The number of aryl methyl sites for hydroxylation is 2. The van der Waals surface area contributed by atoms with Gasteiger partial charge in [-0.15, -0.1) is 0 Å². The molecule has 0 spiro atoms. The summed E-state index contributed by atoms with van der Waals surface area (Å²) >= 11 is 0. The van der Waals surface area contributed by atoms with Crippen molar-refractivity contribution in [3.05, 3.63) is 119 Å². The molecule has 30 heavy (non-hydrogen) atoms. The third kappa shape index (κ3) is 4.79. The maximum atomic E-state index is 12.6. The van der Waals surface area contributed by atoms with Crippen LogP contribution in [-0.2, 0) is 4.79 Å². The van der Waals surface area contributed by atoms with Gasteiger partial charge in [0, 0.05) is 11.1 Å². The van der Waals surface area contributed by atoms with Crippen LogP contribution in [0.5, 0.6) is 0 Å². The molecule has 0 fully saturated rings. The fourth-order valence-corrected chi connectivity index (χ4v) is 3.29. The highest BCUT2D eigenvalue weighted by atomic mass is 16.1. The minimum absolute atomic E-state index is 0.0567. The molecule has 0 amide bonds. The maximum absolute atomic E-state index is 12.6. The van der Waals surface area contributed by atoms with Gasteiger partial charge in [0.2, 0.25) is 0 Å². The maximum Gasteiger partial charge on any atom is 0.193 e. The number of carbonyl (C=O) groups excluding carboxylic acids is 2. The first kappa shape index (κ1) is 20.9. The molecule has 0 atom stereocenters. The van der Waals surface area contributed by atoms with E-state index in [0.717, 1.165) is 22.3 Å². The molecule has 0 aliphatic carbocycles. The molecule has 148 valence electrons. The van der Waals surface area contributed by atoms with E-state index >= 15 is 0 Å². The van der Waals surface area contributed by atoms with Gasteiger partial charge in [0.25, 0.3) is 0 Å². The summed E-state index contributed by atoms with van der Waals surface area (Å²) in [5.74, 6) is 0.0567. The number of hydrogen-bond donors (Lipinski definition) is 0. The zero-order valence-corrected chi connectivity index (χ0v) is 17.3. The fourth-order valence-electron chi connectivity index (χ4n) is 3.29. The van der Waals surface area contributed by atoms with Gasteiger partial charge < -0.3 is 4.79 Å². The van der Waals surface area contributed by atoms with Gasteiger partial charge in [-0.25, -0.2) is 0 Å². The van der Waals surface area contributed by atoms with Gasteiger partial charge in [-0.1, -0.05) is 108 Å². The Kier molecular flexibility index (Phi) is 6.71. The predicted octanol–water partition coefficient (Wildman–Crippen LogP) is 6.68. The first-order valence-electron chi connectivity index (χ1n) is 9.78. The largest absolute Gasteiger partial charge is 0.307 e. The monoisotopic (exact) mass is 392 g/mol. The van der Waals surface area contributed by atoms with Crippen molar-refractivity contribution in [2.75, 3.05) is 0 Å². The normalized spacial score (nSPS) is 10.1. The standard InChI is InChI=1S/C27H22O.CH2O/c1-19-3-7-21(8-4-19)22-11-13-23(14-12-22)24-15-17-26(18-16-24)27(28)25-9-5-20(2)6-10-25;1-2/h3-18H,1-2H3;1H2. The van der Waals surface area contributed by atoms with Crippen molar-refractivity contribution in [1.29, 1.82) is 0 Å². The van der Waals surface area contributed by atoms with Crippen LogP contribution in [0.2, 0.25) is 0 Å². The third-order valence-corrected chi connectivity index (χ3v) is 5.06. The van der Waals surface area contributed by atoms with E-state index in [2.05, 4.69) is 55.5 Å². The minimum Gasteiger partial charge on any atom is -0.307 e. The van der Waals surface area contributed by atoms with E-state index in [9.17, 15) is 4.79 Å². The fraction of sp³-hybridized carbons (Fsp3) is 0.0714. The lowest BCUT2D eigenvalue weighted by atomic mass is 9.97. The lowest BCUT2D eigenvalue weighted by Gasteiger charge is -2.07. The molecule has 0 unspecified atom stereocenters. The average molecular weight is 392 g/mol. The number of ketones is 1. The van der Waals surface area contributed by atoms with Crippen LogP contribution in [0.15, 0.2) is 97.1 Å². The second kappa shape index (κ2) is 9.62. The SMILES string of the molecule is C=O.Cc1ccc(C(=O)c2ccc(-c3ccc(-c4ccc(C)cc4)cc3)cc2)cc1. The zero-order chi connectivity index (χ0) is 21.5. The van der Waals surface area contributed by atoms with Gasteiger partial charge >= 0.3 is 0 Å². The summed E-state index contributed by atoms with van der Waals surface area (Å²) in [6, 6.07) is 32.7. The van der Waals surface area contributed by atoms with Crippen LogP contribution in [0.1, 0.15) is 27.0 Å². The van der Waals surface area contributed by atoms with Crippen LogP contribution in [0.25, 0.3) is 22.3 Å². The molecule has 2 nitrogen and oxygen atoms in total. The molecule has 4 aromatic carbocycles. The molecular formula is C28H24O2. The zero-order valence-electron chi connectivity index (χ0n) is 17.3. The van der Waals surface area contributed by atoms with Crippen LogP contribution in [0.3, 0.4) is 0 Å². The van der Waals surface area contributed by atoms with Gasteiger partial charge in [-0.3, -0.25) is 4.79 Å². The first-order valence-corrected chi connectivity index (χ1v) is 9.78. The Hall–Kier alpha value is -3.78. The van der Waals surface area contributed by atoms with E-state index in [-0.39, 0.29) is 5.78 Å². The molecule has 0 aliphatic rings. The Morgan fingerprint density at radius 2 is 0.700 bits per heavy atom. The molecule has 0 N–H and O–H groups in total. The second-order valence-electron chi connectivity index (χ2n) is 7.22. The Morgan fingerprint density at radius 1 is 0.467 bits per heavy atom. The van der Waals surface area contributed by atoms with Crippen molar-refractivity contribution in [3.8, 4) is 22.3 Å². The highest BCUT2D eigenvalue weighted by Crippen LogP contribution is 2.26. The van der Waals surface area contributed by atoms with E-state index < -0.39 is 0 Å². The first-order chi connectivity index (χ1) is 14.6. The van der Waals surface area contributed by atoms with Crippen LogP contribution in [-0.4, -0.2) is 12.6 Å². The Morgan fingerprint density at radius 3 is 1.07 bits per heavy atom. The lowest BCUT2D eigenvalue weighted by molar-refractivity contribution is -0.0980. The van der Waals surface area contributed by atoms with Crippen molar-refractivity contribution in [2.45, 2.75) is 13.8 Å². The number of hydrogen-bond acceptors (Lipinski definition) is 2. The van der Waals surface area contributed by atoms with E-state index in [4.69, 9.17) is 4.79 Å². The van der Waals surface area contributed by atoms with Crippen LogP contribution in [0, 0.1) is 13.8 Å². The van der Waals surface area contributed by atoms with E-state index in [1.165, 1.54) is 16.7 Å². The number of benzene rings is 4. The van der Waals surface area contributed by atoms with Gasteiger partial charge in [-0.2, -0.15) is 0 Å². The van der Waals surface area contributed by atoms with Crippen LogP contribution < -0.4 is 0 Å². The third-order valence-electron chi connectivity index (χ3n) is 5.06. The van der Waals surface area contributed by atoms with Crippen molar-refractivity contribution in [1.82, 2.24) is 0 Å². The lowest BCUT2D eigenvalue weighted by Crippen LogP contribution is -2.00. The minimum atomic E-state index is 0.0567. The summed E-state index contributed by atoms with van der Waals surface area (Å²) in [4.78, 5) is 20.6. The molecular weight excluding hydrogens is 368 g/mol. The van der Waals surface area contributed by atoms with Crippen LogP contribution >= 0.6 is 0 Å². The molecule has 0 bridgehead atoms. The predicted molar refractivity (Wildman–Crippen MR) is 124 cm³/mol. The second-order valence-corrected chi connectivity index (χ2v) is 7.22. The molecule has 0 saturated carbocycles. The van der Waals surface area contributed by atoms with Gasteiger partial charge in [0.1, 0.15) is 6.79 Å². The molecule has 0 aliphatic heterocycles. The molecule has 4 aromatic rings. The van der Waals surface area contributed by atoms with E-state index in [0.29, 0.717) is 5.56 Å². The van der Waals surface area contributed by atoms with Crippen LogP contribution in [0.4, 0.5) is 0 Å². The number of rotatable bonds is 4. The summed E-state index contributed by atoms with van der Waals surface area (Å²) in [6.45, 7) is 6.12. The summed E-state index contributed by atoms with van der Waals surface area (Å²) in [6.07, 6.45) is 0.